The van der Waals surface area contributed by atoms with Gasteiger partial charge in [-0.1, -0.05) is 24.3 Å². The van der Waals surface area contributed by atoms with E-state index in [4.69, 9.17) is 15.2 Å². The summed E-state index contributed by atoms with van der Waals surface area (Å²) in [6.45, 7) is 0.280. The first-order chi connectivity index (χ1) is 11.8. The van der Waals surface area contributed by atoms with Gasteiger partial charge in [0.2, 0.25) is 6.79 Å². The maximum atomic E-state index is 5.72. The van der Waals surface area contributed by atoms with Gasteiger partial charge in [-0.15, -0.1) is 0 Å². The predicted octanol–water partition coefficient (Wildman–Crippen LogP) is 4.42. The lowest BCUT2D eigenvalue weighted by Gasteiger charge is -2.03. The summed E-state index contributed by atoms with van der Waals surface area (Å²) in [5, 5.41) is 0. The van der Waals surface area contributed by atoms with Crippen LogP contribution < -0.4 is 15.2 Å². The number of hydrogen-bond donors (Lipinski definition) is 1. The predicted molar refractivity (Wildman–Crippen MR) is 96.1 cm³/mol. The maximum absolute atomic E-state index is 5.72. The first-order valence-electron chi connectivity index (χ1n) is 7.68. The van der Waals surface area contributed by atoms with Crippen molar-refractivity contribution >= 4 is 17.6 Å². The Bertz CT molecular complexity index is 885. The Morgan fingerprint density at radius 2 is 1.46 bits per heavy atom. The zero-order chi connectivity index (χ0) is 16.4. The number of ether oxygens (including phenoxy) is 2. The number of nitrogens with two attached hydrogens (primary N) is 1. The summed E-state index contributed by atoms with van der Waals surface area (Å²) in [4.78, 5) is 4.51. The van der Waals surface area contributed by atoms with E-state index in [0.29, 0.717) is 0 Å². The first-order valence-corrected chi connectivity index (χ1v) is 7.68. The van der Waals surface area contributed by atoms with Gasteiger partial charge in [-0.3, -0.25) is 4.99 Å². The maximum Gasteiger partial charge on any atom is 0.231 e. The summed E-state index contributed by atoms with van der Waals surface area (Å²) in [7, 11) is 0. The molecule has 0 saturated carbocycles. The lowest BCUT2D eigenvalue weighted by molar-refractivity contribution is 0.174. The summed E-state index contributed by atoms with van der Waals surface area (Å²) in [5.41, 5.74) is 10.6. The summed E-state index contributed by atoms with van der Waals surface area (Å²) < 4.78 is 10.7. The van der Waals surface area contributed by atoms with Crippen LogP contribution >= 0.6 is 0 Å². The van der Waals surface area contributed by atoms with Crippen molar-refractivity contribution in [1.82, 2.24) is 0 Å². The first kappa shape index (κ1) is 14.3. The molecule has 24 heavy (non-hydrogen) atoms. The van der Waals surface area contributed by atoms with Crippen LogP contribution in [-0.2, 0) is 0 Å². The van der Waals surface area contributed by atoms with Gasteiger partial charge in [-0.05, 0) is 59.2 Å². The molecule has 0 aromatic heterocycles. The van der Waals surface area contributed by atoms with E-state index in [1.54, 1.807) is 0 Å². The number of hydrogen-bond acceptors (Lipinski definition) is 4. The van der Waals surface area contributed by atoms with Crippen LogP contribution in [0.5, 0.6) is 11.5 Å². The van der Waals surface area contributed by atoms with E-state index in [2.05, 4.69) is 17.1 Å². The molecule has 2 N–H and O–H groups in total. The number of anilines is 1. The number of aliphatic imine (C=N–C) groups is 1. The second kappa shape index (κ2) is 6.08. The minimum Gasteiger partial charge on any atom is -0.454 e. The van der Waals surface area contributed by atoms with Crippen LogP contribution in [0.3, 0.4) is 0 Å². The Kier molecular flexibility index (Phi) is 3.63. The highest BCUT2D eigenvalue weighted by molar-refractivity contribution is 5.83. The molecule has 0 fully saturated rings. The summed E-state index contributed by atoms with van der Waals surface area (Å²) in [6, 6.07) is 21.7. The Balaban J connectivity index is 1.52. The highest BCUT2D eigenvalue weighted by Gasteiger charge is 2.12. The average molecular weight is 316 g/mol. The molecule has 1 aliphatic rings. The number of benzene rings is 3. The normalized spacial score (nSPS) is 12.7. The minimum atomic E-state index is 0.280. The molecule has 0 amide bonds. The fourth-order valence-corrected chi connectivity index (χ4v) is 2.56. The van der Waals surface area contributed by atoms with E-state index >= 15 is 0 Å². The van der Waals surface area contributed by atoms with Gasteiger partial charge in [0, 0.05) is 11.9 Å². The monoisotopic (exact) mass is 316 g/mol. The fourth-order valence-electron chi connectivity index (χ4n) is 2.56. The molecule has 3 aromatic carbocycles. The third kappa shape index (κ3) is 2.94. The van der Waals surface area contributed by atoms with Crippen molar-refractivity contribution in [1.29, 1.82) is 0 Å². The van der Waals surface area contributed by atoms with Crippen LogP contribution in [-0.4, -0.2) is 13.0 Å². The van der Waals surface area contributed by atoms with Crippen molar-refractivity contribution in [2.24, 2.45) is 4.99 Å². The van der Waals surface area contributed by atoms with E-state index in [1.165, 1.54) is 0 Å². The second-order valence-corrected chi connectivity index (χ2v) is 5.54. The molecule has 4 rings (SSSR count). The van der Waals surface area contributed by atoms with Crippen molar-refractivity contribution in [3.8, 4) is 22.6 Å². The highest BCUT2D eigenvalue weighted by Crippen LogP contribution is 2.32. The van der Waals surface area contributed by atoms with Gasteiger partial charge < -0.3 is 15.2 Å². The minimum absolute atomic E-state index is 0.280. The summed E-state index contributed by atoms with van der Waals surface area (Å²) in [5.74, 6) is 1.54. The average Bonchev–Trinajstić information content (AvgIpc) is 3.09. The van der Waals surface area contributed by atoms with Crippen LogP contribution in [0.4, 0.5) is 11.4 Å². The smallest absolute Gasteiger partial charge is 0.231 e. The SMILES string of the molecule is Nc1ccc(-c2ccc(N=Cc3ccc4c(c3)OCO4)cc2)cc1. The molecule has 1 heterocycles. The molecule has 0 radical (unpaired) electrons. The molecule has 0 aliphatic carbocycles. The molecule has 4 heteroatoms. The number of rotatable bonds is 3. The number of nitrogen functional groups attached to an aromatic ring is 1. The van der Waals surface area contributed by atoms with Crippen LogP contribution in [0.15, 0.2) is 71.7 Å². The molecular formula is C20H16N2O2. The molecule has 118 valence electrons. The molecule has 3 aromatic rings. The van der Waals surface area contributed by atoms with Crippen molar-refractivity contribution in [2.45, 2.75) is 0 Å². The molecular weight excluding hydrogens is 300 g/mol. The van der Waals surface area contributed by atoms with E-state index in [0.717, 1.165) is 39.6 Å². The van der Waals surface area contributed by atoms with Gasteiger partial charge in [0.15, 0.2) is 11.5 Å². The topological polar surface area (TPSA) is 56.8 Å². The van der Waals surface area contributed by atoms with E-state index in [1.807, 2.05) is 60.8 Å². The van der Waals surface area contributed by atoms with E-state index < -0.39 is 0 Å². The highest BCUT2D eigenvalue weighted by atomic mass is 16.7. The van der Waals surface area contributed by atoms with Crippen molar-refractivity contribution in [2.75, 3.05) is 12.5 Å². The molecule has 4 nitrogen and oxygen atoms in total. The molecule has 0 spiro atoms. The molecule has 0 unspecified atom stereocenters. The molecule has 1 aliphatic heterocycles. The third-order valence-corrected chi connectivity index (χ3v) is 3.87. The van der Waals surface area contributed by atoms with Crippen molar-refractivity contribution < 1.29 is 9.47 Å². The molecule has 0 atom stereocenters. The Morgan fingerprint density at radius 3 is 2.21 bits per heavy atom. The standard InChI is InChI=1S/C20H16N2O2/c21-17-6-2-15(3-7-17)16-4-8-18(9-5-16)22-12-14-1-10-19-20(11-14)24-13-23-19/h1-12H,13,21H2. The number of nitrogens with zero attached hydrogens (tertiary/aromatic N) is 1. The van der Waals surface area contributed by atoms with Gasteiger partial charge in [0.25, 0.3) is 0 Å². The zero-order valence-corrected chi connectivity index (χ0v) is 13.0. The lowest BCUT2D eigenvalue weighted by atomic mass is 10.1. The Labute approximate surface area is 140 Å². The van der Waals surface area contributed by atoms with Gasteiger partial charge >= 0.3 is 0 Å². The van der Waals surface area contributed by atoms with Gasteiger partial charge in [-0.25, -0.2) is 0 Å². The van der Waals surface area contributed by atoms with Gasteiger partial charge in [0.1, 0.15) is 0 Å². The van der Waals surface area contributed by atoms with Crippen LogP contribution in [0, 0.1) is 0 Å². The van der Waals surface area contributed by atoms with E-state index in [-0.39, 0.29) is 6.79 Å². The van der Waals surface area contributed by atoms with Crippen molar-refractivity contribution in [3.63, 3.8) is 0 Å². The van der Waals surface area contributed by atoms with Crippen LogP contribution in [0.25, 0.3) is 11.1 Å². The quantitative estimate of drug-likeness (QED) is 0.575. The van der Waals surface area contributed by atoms with E-state index in [9.17, 15) is 0 Å². The largest absolute Gasteiger partial charge is 0.454 e. The molecule has 0 saturated heterocycles. The second-order valence-electron chi connectivity index (χ2n) is 5.54. The number of fused-ring (bicyclic) bond motifs is 1. The Hall–Kier alpha value is -3.27. The van der Waals surface area contributed by atoms with Gasteiger partial charge in [-0.2, -0.15) is 0 Å². The van der Waals surface area contributed by atoms with Crippen LogP contribution in [0.1, 0.15) is 5.56 Å². The summed E-state index contributed by atoms with van der Waals surface area (Å²) >= 11 is 0. The third-order valence-electron chi connectivity index (χ3n) is 3.87. The zero-order valence-electron chi connectivity index (χ0n) is 13.0. The lowest BCUT2D eigenvalue weighted by Crippen LogP contribution is -1.92. The van der Waals surface area contributed by atoms with Gasteiger partial charge in [0.05, 0.1) is 5.69 Å². The van der Waals surface area contributed by atoms with Crippen molar-refractivity contribution in [3.05, 3.63) is 72.3 Å². The fraction of sp³-hybridized carbons (Fsp3) is 0.0500. The summed E-state index contributed by atoms with van der Waals surface area (Å²) in [6.07, 6.45) is 1.82. The van der Waals surface area contributed by atoms with Crippen LogP contribution in [0.2, 0.25) is 0 Å². The Morgan fingerprint density at radius 1 is 0.792 bits per heavy atom. The molecule has 0 bridgehead atoms.